The quantitative estimate of drug-likeness (QED) is 0.783. The summed E-state index contributed by atoms with van der Waals surface area (Å²) < 4.78 is 5.16. The van der Waals surface area contributed by atoms with Crippen LogP contribution in [-0.4, -0.2) is 17.9 Å². The summed E-state index contributed by atoms with van der Waals surface area (Å²) in [6.07, 6.45) is 0. The molecule has 0 aliphatic rings. The molecule has 0 saturated carbocycles. The van der Waals surface area contributed by atoms with Crippen molar-refractivity contribution in [1.82, 2.24) is 4.98 Å². The van der Waals surface area contributed by atoms with E-state index < -0.39 is 0 Å². The topological polar surface area (TPSA) is 39.2 Å². The van der Waals surface area contributed by atoms with Crippen molar-refractivity contribution in [1.29, 1.82) is 0 Å². The van der Waals surface area contributed by atoms with Gasteiger partial charge in [-0.15, -0.1) is 11.3 Å². The number of carbonyl (C=O) groups excluding carboxylic acids is 1. The fraction of sp³-hybridized carbons (Fsp3) is 0.231. The SMILES string of the molecule is COc1ccc(C(=O)c2csc(C)n2)cc1C. The molecule has 0 amide bonds. The van der Waals surface area contributed by atoms with Crippen LogP contribution in [0.5, 0.6) is 5.75 Å². The van der Waals surface area contributed by atoms with E-state index >= 15 is 0 Å². The van der Waals surface area contributed by atoms with Gasteiger partial charge in [-0.2, -0.15) is 0 Å². The van der Waals surface area contributed by atoms with Crippen molar-refractivity contribution in [3.05, 3.63) is 45.4 Å². The van der Waals surface area contributed by atoms with Gasteiger partial charge < -0.3 is 4.74 Å². The van der Waals surface area contributed by atoms with E-state index in [-0.39, 0.29) is 5.78 Å². The number of aryl methyl sites for hydroxylation is 2. The number of benzene rings is 1. The van der Waals surface area contributed by atoms with Crippen LogP contribution in [0.2, 0.25) is 0 Å². The minimum Gasteiger partial charge on any atom is -0.496 e. The number of methoxy groups -OCH3 is 1. The first kappa shape index (κ1) is 11.8. The molecule has 0 aliphatic carbocycles. The lowest BCUT2D eigenvalue weighted by molar-refractivity contribution is 0.103. The zero-order valence-corrected chi connectivity index (χ0v) is 10.8. The van der Waals surface area contributed by atoms with Crippen molar-refractivity contribution in [3.63, 3.8) is 0 Å². The molecule has 0 spiro atoms. The van der Waals surface area contributed by atoms with Gasteiger partial charge in [0.05, 0.1) is 12.1 Å². The molecule has 4 heteroatoms. The molecule has 0 bridgehead atoms. The van der Waals surface area contributed by atoms with Crippen molar-refractivity contribution in [2.45, 2.75) is 13.8 Å². The maximum absolute atomic E-state index is 12.1. The van der Waals surface area contributed by atoms with Gasteiger partial charge in [0.2, 0.25) is 5.78 Å². The summed E-state index contributed by atoms with van der Waals surface area (Å²) in [6.45, 7) is 3.81. The van der Waals surface area contributed by atoms with E-state index in [4.69, 9.17) is 4.74 Å². The Hall–Kier alpha value is -1.68. The predicted molar refractivity (Wildman–Crippen MR) is 68.0 cm³/mol. The molecule has 0 unspecified atom stereocenters. The number of thiazole rings is 1. The average molecular weight is 247 g/mol. The average Bonchev–Trinajstić information content (AvgIpc) is 2.75. The molecule has 2 aromatic rings. The fourth-order valence-corrected chi connectivity index (χ4v) is 2.23. The van der Waals surface area contributed by atoms with Crippen molar-refractivity contribution in [2.24, 2.45) is 0 Å². The highest BCUT2D eigenvalue weighted by Crippen LogP contribution is 2.21. The Labute approximate surface area is 104 Å². The lowest BCUT2D eigenvalue weighted by atomic mass is 10.1. The number of ether oxygens (including phenoxy) is 1. The summed E-state index contributed by atoms with van der Waals surface area (Å²) in [5.74, 6) is 0.746. The second-order valence-corrected chi connectivity index (χ2v) is 4.83. The van der Waals surface area contributed by atoms with Gasteiger partial charge in [-0.05, 0) is 37.6 Å². The molecule has 0 atom stereocenters. The van der Waals surface area contributed by atoms with Crippen LogP contribution in [0.15, 0.2) is 23.6 Å². The molecule has 1 aromatic carbocycles. The van der Waals surface area contributed by atoms with E-state index in [1.54, 1.807) is 18.6 Å². The zero-order valence-electron chi connectivity index (χ0n) is 9.98. The van der Waals surface area contributed by atoms with Crippen LogP contribution in [0, 0.1) is 13.8 Å². The van der Waals surface area contributed by atoms with Crippen LogP contribution in [-0.2, 0) is 0 Å². The molecule has 0 aliphatic heterocycles. The number of nitrogens with zero attached hydrogens (tertiary/aromatic N) is 1. The highest BCUT2D eigenvalue weighted by atomic mass is 32.1. The van der Waals surface area contributed by atoms with Gasteiger partial charge in [-0.1, -0.05) is 0 Å². The van der Waals surface area contributed by atoms with Crippen molar-refractivity contribution < 1.29 is 9.53 Å². The summed E-state index contributed by atoms with van der Waals surface area (Å²) in [7, 11) is 1.62. The highest BCUT2D eigenvalue weighted by Gasteiger charge is 2.13. The van der Waals surface area contributed by atoms with Gasteiger partial charge in [0, 0.05) is 10.9 Å². The lowest BCUT2D eigenvalue weighted by Gasteiger charge is -2.05. The number of ketones is 1. The molecule has 1 heterocycles. The smallest absolute Gasteiger partial charge is 0.212 e. The Morgan fingerprint density at radius 3 is 2.65 bits per heavy atom. The molecule has 0 fully saturated rings. The van der Waals surface area contributed by atoms with Crippen LogP contribution >= 0.6 is 11.3 Å². The highest BCUT2D eigenvalue weighted by molar-refractivity contribution is 7.09. The first-order chi connectivity index (χ1) is 8.11. The second-order valence-electron chi connectivity index (χ2n) is 3.77. The largest absolute Gasteiger partial charge is 0.496 e. The molecular weight excluding hydrogens is 234 g/mol. The van der Waals surface area contributed by atoms with Crippen molar-refractivity contribution in [3.8, 4) is 5.75 Å². The summed E-state index contributed by atoms with van der Waals surface area (Å²) in [6, 6.07) is 5.40. The first-order valence-electron chi connectivity index (χ1n) is 5.23. The molecule has 0 radical (unpaired) electrons. The van der Waals surface area contributed by atoms with Crippen LogP contribution in [0.1, 0.15) is 26.6 Å². The Kier molecular flexibility index (Phi) is 3.24. The van der Waals surface area contributed by atoms with Gasteiger partial charge in [0.25, 0.3) is 0 Å². The third-order valence-electron chi connectivity index (χ3n) is 2.51. The van der Waals surface area contributed by atoms with E-state index in [0.717, 1.165) is 16.3 Å². The van der Waals surface area contributed by atoms with Crippen LogP contribution in [0.4, 0.5) is 0 Å². The normalized spacial score (nSPS) is 10.3. The summed E-state index contributed by atoms with van der Waals surface area (Å²) in [5.41, 5.74) is 2.11. The Morgan fingerprint density at radius 1 is 1.35 bits per heavy atom. The Bertz CT molecular complexity index is 560. The second kappa shape index (κ2) is 4.67. The minimum absolute atomic E-state index is 0.0416. The Morgan fingerprint density at radius 2 is 2.12 bits per heavy atom. The number of aromatic nitrogens is 1. The van der Waals surface area contributed by atoms with E-state index in [1.165, 1.54) is 11.3 Å². The maximum Gasteiger partial charge on any atom is 0.212 e. The standard InChI is InChI=1S/C13H13NO2S/c1-8-6-10(4-5-12(8)16-3)13(15)11-7-17-9(2)14-11/h4-7H,1-3H3. The zero-order chi connectivity index (χ0) is 12.4. The van der Waals surface area contributed by atoms with E-state index in [1.807, 2.05) is 26.0 Å². The number of hydrogen-bond acceptors (Lipinski definition) is 4. The maximum atomic E-state index is 12.1. The molecule has 0 saturated heterocycles. The van der Waals surface area contributed by atoms with E-state index in [0.29, 0.717) is 11.3 Å². The summed E-state index contributed by atoms with van der Waals surface area (Å²) >= 11 is 1.48. The third-order valence-corrected chi connectivity index (χ3v) is 3.28. The van der Waals surface area contributed by atoms with E-state index in [9.17, 15) is 4.79 Å². The van der Waals surface area contributed by atoms with Crippen LogP contribution in [0.25, 0.3) is 0 Å². The Balaban J connectivity index is 2.35. The van der Waals surface area contributed by atoms with Gasteiger partial charge in [-0.3, -0.25) is 4.79 Å². The monoisotopic (exact) mass is 247 g/mol. The summed E-state index contributed by atoms with van der Waals surface area (Å²) in [4.78, 5) is 16.3. The molecule has 3 nitrogen and oxygen atoms in total. The van der Waals surface area contributed by atoms with Gasteiger partial charge >= 0.3 is 0 Å². The first-order valence-corrected chi connectivity index (χ1v) is 6.11. The molecule has 17 heavy (non-hydrogen) atoms. The van der Waals surface area contributed by atoms with Crippen LogP contribution < -0.4 is 4.74 Å². The lowest BCUT2D eigenvalue weighted by Crippen LogP contribution is -2.02. The minimum atomic E-state index is -0.0416. The number of carbonyl (C=O) groups is 1. The predicted octanol–water partition coefficient (Wildman–Crippen LogP) is 3.00. The third kappa shape index (κ3) is 2.36. The van der Waals surface area contributed by atoms with Gasteiger partial charge in [0.15, 0.2) is 0 Å². The number of hydrogen-bond donors (Lipinski definition) is 0. The fourth-order valence-electron chi connectivity index (χ4n) is 1.64. The molecule has 0 N–H and O–H groups in total. The van der Waals surface area contributed by atoms with Crippen molar-refractivity contribution in [2.75, 3.05) is 7.11 Å². The molecular formula is C13H13NO2S. The molecule has 2 rings (SSSR count). The summed E-state index contributed by atoms with van der Waals surface area (Å²) in [5, 5.41) is 2.69. The van der Waals surface area contributed by atoms with Gasteiger partial charge in [-0.25, -0.2) is 4.98 Å². The number of rotatable bonds is 3. The van der Waals surface area contributed by atoms with E-state index in [2.05, 4.69) is 4.98 Å². The molecule has 1 aromatic heterocycles. The molecule has 88 valence electrons. The van der Waals surface area contributed by atoms with Crippen LogP contribution in [0.3, 0.4) is 0 Å². The van der Waals surface area contributed by atoms with Crippen molar-refractivity contribution >= 4 is 17.1 Å². The van der Waals surface area contributed by atoms with Gasteiger partial charge in [0.1, 0.15) is 11.4 Å².